The van der Waals surface area contributed by atoms with Crippen molar-refractivity contribution in [3.05, 3.63) is 94.5 Å². The Morgan fingerprint density at radius 3 is 2.19 bits per heavy atom. The summed E-state index contributed by atoms with van der Waals surface area (Å²) in [4.78, 5) is 27.9. The summed E-state index contributed by atoms with van der Waals surface area (Å²) < 4.78 is 10.6. The zero-order valence-electron chi connectivity index (χ0n) is 21.0. The smallest absolute Gasteiger partial charge is 0.242 e. The van der Waals surface area contributed by atoms with Gasteiger partial charge in [0.1, 0.15) is 6.04 Å². The number of methoxy groups -OCH3 is 2. The van der Waals surface area contributed by atoms with Gasteiger partial charge in [0.25, 0.3) is 0 Å². The molecule has 0 saturated carbocycles. The van der Waals surface area contributed by atoms with Gasteiger partial charge in [-0.1, -0.05) is 60.1 Å². The summed E-state index contributed by atoms with van der Waals surface area (Å²) in [5.74, 6) is 1.03. The van der Waals surface area contributed by atoms with Crippen LogP contribution in [0, 0.1) is 0 Å². The van der Waals surface area contributed by atoms with Crippen LogP contribution in [-0.4, -0.2) is 43.5 Å². The molecule has 0 radical (unpaired) electrons. The zero-order chi connectivity index (χ0) is 25.9. The molecule has 0 saturated heterocycles. The van der Waals surface area contributed by atoms with E-state index in [0.29, 0.717) is 48.9 Å². The summed E-state index contributed by atoms with van der Waals surface area (Å²) in [6.07, 6.45) is 1.56. The molecule has 7 heteroatoms. The number of amides is 2. The lowest BCUT2D eigenvalue weighted by molar-refractivity contribution is -0.140. The summed E-state index contributed by atoms with van der Waals surface area (Å²) >= 11 is 6.03. The lowest BCUT2D eigenvalue weighted by Crippen LogP contribution is -2.48. The number of rotatable bonds is 12. The van der Waals surface area contributed by atoms with Crippen LogP contribution in [0.5, 0.6) is 11.5 Å². The summed E-state index contributed by atoms with van der Waals surface area (Å²) in [6.45, 7) is 2.53. The van der Waals surface area contributed by atoms with Crippen molar-refractivity contribution in [3.8, 4) is 11.5 Å². The predicted octanol–water partition coefficient (Wildman–Crippen LogP) is 5.07. The Kier molecular flexibility index (Phi) is 10.2. The number of carbonyl (C=O) groups excluding carboxylic acids is 2. The second-order valence-electron chi connectivity index (χ2n) is 8.54. The fourth-order valence-electron chi connectivity index (χ4n) is 3.92. The first-order valence-electron chi connectivity index (χ1n) is 12.0. The van der Waals surface area contributed by atoms with Crippen LogP contribution in [0.4, 0.5) is 0 Å². The van der Waals surface area contributed by atoms with Gasteiger partial charge in [-0.25, -0.2) is 0 Å². The fourth-order valence-corrected chi connectivity index (χ4v) is 4.05. The lowest BCUT2D eigenvalue weighted by Gasteiger charge is -2.29. The van der Waals surface area contributed by atoms with Gasteiger partial charge in [0.2, 0.25) is 11.8 Å². The van der Waals surface area contributed by atoms with Crippen molar-refractivity contribution in [2.24, 2.45) is 0 Å². The largest absolute Gasteiger partial charge is 0.493 e. The Bertz CT molecular complexity index is 1140. The third-order valence-electron chi connectivity index (χ3n) is 6.06. The van der Waals surface area contributed by atoms with Crippen molar-refractivity contribution in [2.75, 3.05) is 20.8 Å². The van der Waals surface area contributed by atoms with E-state index in [4.69, 9.17) is 21.1 Å². The number of halogens is 1. The van der Waals surface area contributed by atoms with Crippen LogP contribution in [0.2, 0.25) is 5.02 Å². The minimum atomic E-state index is -0.630. The van der Waals surface area contributed by atoms with E-state index in [1.807, 2.05) is 60.7 Å². The molecule has 0 aromatic heterocycles. The van der Waals surface area contributed by atoms with Crippen molar-refractivity contribution < 1.29 is 19.1 Å². The van der Waals surface area contributed by atoms with E-state index in [1.165, 1.54) is 0 Å². The Hall–Kier alpha value is -3.51. The highest BCUT2D eigenvalue weighted by atomic mass is 35.5. The minimum Gasteiger partial charge on any atom is -0.493 e. The molecule has 2 amide bonds. The third kappa shape index (κ3) is 7.75. The Morgan fingerprint density at radius 2 is 1.53 bits per heavy atom. The average Bonchev–Trinajstić information content (AvgIpc) is 2.91. The molecule has 190 valence electrons. The molecule has 3 rings (SSSR count). The molecule has 0 aliphatic carbocycles. The van der Waals surface area contributed by atoms with Crippen molar-refractivity contribution in [2.45, 2.75) is 38.8 Å². The summed E-state index contributed by atoms with van der Waals surface area (Å²) in [5, 5.41) is 3.60. The topological polar surface area (TPSA) is 67.9 Å². The highest BCUT2D eigenvalue weighted by Gasteiger charge is 2.25. The number of ether oxygens (including phenoxy) is 2. The van der Waals surface area contributed by atoms with Crippen molar-refractivity contribution in [1.29, 1.82) is 0 Å². The number of nitrogens with zero attached hydrogens (tertiary/aromatic N) is 1. The van der Waals surface area contributed by atoms with Crippen LogP contribution in [-0.2, 0) is 29.0 Å². The molecule has 0 heterocycles. The van der Waals surface area contributed by atoms with Gasteiger partial charge in [0, 0.05) is 24.5 Å². The highest BCUT2D eigenvalue weighted by Crippen LogP contribution is 2.27. The quantitative estimate of drug-likeness (QED) is 0.371. The van der Waals surface area contributed by atoms with Crippen LogP contribution in [0.1, 0.15) is 30.0 Å². The first kappa shape index (κ1) is 27.1. The molecule has 3 aromatic rings. The zero-order valence-corrected chi connectivity index (χ0v) is 21.8. The fraction of sp³-hybridized carbons (Fsp3) is 0.310. The maximum Gasteiger partial charge on any atom is 0.242 e. The summed E-state index contributed by atoms with van der Waals surface area (Å²) in [7, 11) is 3.19. The number of benzene rings is 3. The standard InChI is InChI=1S/C29H33ClN2O4/c1-21(29(34)31-18-17-23-11-15-26(35-2)27(19-23)36-3)32(20-24-9-13-25(30)14-10-24)28(33)16-12-22-7-5-4-6-8-22/h4-11,13-15,19,21H,12,16-18,20H2,1-3H3,(H,31,34)/t21-/m0/s1. The van der Waals surface area contributed by atoms with E-state index < -0.39 is 6.04 Å². The molecule has 1 N–H and O–H groups in total. The molecule has 36 heavy (non-hydrogen) atoms. The van der Waals surface area contributed by atoms with E-state index >= 15 is 0 Å². The maximum absolute atomic E-state index is 13.3. The number of hydrogen-bond donors (Lipinski definition) is 1. The number of aryl methyl sites for hydroxylation is 1. The van der Waals surface area contributed by atoms with Crippen molar-refractivity contribution in [3.63, 3.8) is 0 Å². The first-order valence-corrected chi connectivity index (χ1v) is 12.4. The van der Waals surface area contributed by atoms with Gasteiger partial charge in [-0.2, -0.15) is 0 Å². The molecular weight excluding hydrogens is 476 g/mol. The lowest BCUT2D eigenvalue weighted by atomic mass is 10.1. The molecule has 0 fully saturated rings. The van der Waals surface area contributed by atoms with Crippen LogP contribution in [0.3, 0.4) is 0 Å². The predicted molar refractivity (Wildman–Crippen MR) is 142 cm³/mol. The maximum atomic E-state index is 13.3. The van der Waals surface area contributed by atoms with Crippen LogP contribution in [0.25, 0.3) is 0 Å². The van der Waals surface area contributed by atoms with E-state index in [9.17, 15) is 9.59 Å². The Morgan fingerprint density at radius 1 is 0.861 bits per heavy atom. The molecule has 0 bridgehead atoms. The normalized spacial score (nSPS) is 11.4. The summed E-state index contributed by atoms with van der Waals surface area (Å²) in [5.41, 5.74) is 3.01. The molecular formula is C29H33ClN2O4. The van der Waals surface area contributed by atoms with Gasteiger partial charge < -0.3 is 19.7 Å². The van der Waals surface area contributed by atoms with Gasteiger partial charge in [0.05, 0.1) is 14.2 Å². The first-order chi connectivity index (χ1) is 17.4. The number of nitrogens with one attached hydrogen (secondary N) is 1. The molecule has 0 aliphatic heterocycles. The number of carbonyl (C=O) groups is 2. The highest BCUT2D eigenvalue weighted by molar-refractivity contribution is 6.30. The van der Waals surface area contributed by atoms with Gasteiger partial charge in [-0.3, -0.25) is 9.59 Å². The molecule has 1 atom stereocenters. The average molecular weight is 509 g/mol. The van der Waals surface area contributed by atoms with Crippen molar-refractivity contribution >= 4 is 23.4 Å². The Balaban J connectivity index is 1.64. The molecule has 0 spiro atoms. The van der Waals surface area contributed by atoms with Gasteiger partial charge in [-0.15, -0.1) is 0 Å². The van der Waals surface area contributed by atoms with Gasteiger partial charge in [0.15, 0.2) is 11.5 Å². The second-order valence-corrected chi connectivity index (χ2v) is 8.98. The van der Waals surface area contributed by atoms with E-state index in [1.54, 1.807) is 38.2 Å². The van der Waals surface area contributed by atoms with Crippen LogP contribution >= 0.6 is 11.6 Å². The molecule has 0 unspecified atom stereocenters. The van der Waals surface area contributed by atoms with Crippen LogP contribution < -0.4 is 14.8 Å². The molecule has 0 aliphatic rings. The van der Waals surface area contributed by atoms with Gasteiger partial charge >= 0.3 is 0 Å². The second kappa shape index (κ2) is 13.5. The minimum absolute atomic E-state index is 0.0728. The Labute approximate surface area is 218 Å². The van der Waals surface area contributed by atoms with E-state index in [0.717, 1.165) is 16.7 Å². The van der Waals surface area contributed by atoms with Crippen molar-refractivity contribution in [1.82, 2.24) is 10.2 Å². The molecule has 3 aromatic carbocycles. The monoisotopic (exact) mass is 508 g/mol. The third-order valence-corrected chi connectivity index (χ3v) is 6.32. The SMILES string of the molecule is COc1ccc(CCNC(=O)[C@H](C)N(Cc2ccc(Cl)cc2)C(=O)CCc2ccccc2)cc1OC. The summed E-state index contributed by atoms with van der Waals surface area (Å²) in [6, 6.07) is 22.3. The molecule has 6 nitrogen and oxygen atoms in total. The van der Waals surface area contributed by atoms with E-state index in [2.05, 4.69) is 5.32 Å². The van der Waals surface area contributed by atoms with Gasteiger partial charge in [-0.05, 0) is 60.7 Å². The van der Waals surface area contributed by atoms with E-state index in [-0.39, 0.29) is 11.8 Å². The van der Waals surface area contributed by atoms with Crippen LogP contribution in [0.15, 0.2) is 72.8 Å². The number of hydrogen-bond acceptors (Lipinski definition) is 4.